The Hall–Kier alpha value is -0.370. The molecule has 1 spiro atoms. The van der Waals surface area contributed by atoms with Crippen LogP contribution in [0, 0.1) is 35.0 Å². The fourth-order valence-electron chi connectivity index (χ4n) is 7.56. The smallest absolute Gasteiger partial charge is 0.104 e. The summed E-state index contributed by atoms with van der Waals surface area (Å²) >= 11 is 0. The Bertz CT molecular complexity index is 536. The molecule has 4 saturated carbocycles. The zero-order valence-electron chi connectivity index (χ0n) is 14.7. The number of hydrogen-bond acceptors (Lipinski definition) is 1. The second-order valence-electron chi connectivity index (χ2n) is 9.54. The summed E-state index contributed by atoms with van der Waals surface area (Å²) in [5.41, 5.74) is 2.18. The number of rotatable bonds is 0. The summed E-state index contributed by atoms with van der Waals surface area (Å²) in [4.78, 5) is 0. The molecule has 1 saturated heterocycles. The molecule has 4 aliphatic carbocycles. The van der Waals surface area contributed by atoms with Crippen LogP contribution in [0.2, 0.25) is 0 Å². The van der Waals surface area contributed by atoms with Crippen molar-refractivity contribution in [2.24, 2.45) is 35.0 Å². The topological polar surface area (TPSA) is 12.5 Å². The van der Waals surface area contributed by atoms with Crippen molar-refractivity contribution in [2.45, 2.75) is 77.0 Å². The molecule has 0 amide bonds. The normalized spacial score (nSPS) is 59.5. The lowest BCUT2D eigenvalue weighted by Crippen LogP contribution is -2.52. The minimum atomic E-state index is -0.570. The fourth-order valence-corrected chi connectivity index (χ4v) is 7.56. The molecule has 128 valence electrons. The van der Waals surface area contributed by atoms with Gasteiger partial charge in [0.25, 0.3) is 0 Å². The maximum absolute atomic E-state index is 15.2. The first kappa shape index (κ1) is 14.9. The molecule has 1 heterocycles. The summed E-state index contributed by atoms with van der Waals surface area (Å²) in [6, 6.07) is 0. The van der Waals surface area contributed by atoms with Gasteiger partial charge < -0.3 is 4.74 Å². The van der Waals surface area contributed by atoms with Crippen molar-refractivity contribution in [1.82, 2.24) is 0 Å². The van der Waals surface area contributed by atoms with Crippen molar-refractivity contribution >= 4 is 0 Å². The summed E-state index contributed by atoms with van der Waals surface area (Å²) in [5.74, 6) is 3.16. The largest absolute Gasteiger partial charge is 0.370 e. The zero-order valence-corrected chi connectivity index (χ0v) is 14.7. The molecule has 4 unspecified atom stereocenters. The maximum atomic E-state index is 15.2. The number of epoxide rings is 1. The van der Waals surface area contributed by atoms with Gasteiger partial charge in [-0.1, -0.05) is 18.6 Å². The number of halogens is 1. The van der Waals surface area contributed by atoms with E-state index in [0.29, 0.717) is 23.2 Å². The van der Waals surface area contributed by atoms with Crippen molar-refractivity contribution < 1.29 is 9.13 Å². The molecular weight excluding hydrogens is 287 g/mol. The van der Waals surface area contributed by atoms with Gasteiger partial charge in [0, 0.05) is 0 Å². The Morgan fingerprint density at radius 3 is 2.57 bits per heavy atom. The molecule has 1 aliphatic heterocycles. The number of hydrogen-bond donors (Lipinski definition) is 0. The molecule has 2 heteroatoms. The molecule has 8 atom stereocenters. The second kappa shape index (κ2) is 4.84. The third-order valence-electron chi connectivity index (χ3n) is 8.84. The Labute approximate surface area is 140 Å². The second-order valence-corrected chi connectivity index (χ2v) is 9.54. The van der Waals surface area contributed by atoms with Crippen molar-refractivity contribution in [3.8, 4) is 0 Å². The van der Waals surface area contributed by atoms with Crippen LogP contribution in [0.3, 0.4) is 0 Å². The van der Waals surface area contributed by atoms with E-state index in [4.69, 9.17) is 4.74 Å². The van der Waals surface area contributed by atoms with Crippen LogP contribution in [-0.2, 0) is 4.74 Å². The van der Waals surface area contributed by atoms with E-state index in [2.05, 4.69) is 19.9 Å². The van der Waals surface area contributed by atoms with Gasteiger partial charge >= 0.3 is 0 Å². The average Bonchev–Trinajstić information content (AvgIpc) is 3.19. The van der Waals surface area contributed by atoms with Crippen LogP contribution in [0.5, 0.6) is 0 Å². The molecule has 0 aromatic heterocycles. The van der Waals surface area contributed by atoms with Crippen LogP contribution in [-0.4, -0.2) is 18.4 Å². The lowest BCUT2D eigenvalue weighted by Gasteiger charge is -2.56. The van der Waals surface area contributed by atoms with Crippen LogP contribution >= 0.6 is 0 Å². The lowest BCUT2D eigenvalue weighted by atomic mass is 9.49. The van der Waals surface area contributed by atoms with Crippen LogP contribution < -0.4 is 0 Å². The third-order valence-corrected chi connectivity index (χ3v) is 8.84. The van der Waals surface area contributed by atoms with E-state index in [0.717, 1.165) is 31.3 Å². The highest BCUT2D eigenvalue weighted by molar-refractivity contribution is 5.23. The highest BCUT2D eigenvalue weighted by Gasteiger charge is 2.60. The standard InChI is InChI=1S/C21H31FO/c1-3-13-4-5-18-16-10-19(22)17-11-21(12-23-21)9-7-15(17)14(16)6-8-20(13,18)2/h3,14-19H,4-12H2,1-2H3/b13-3-/t14?,15-,16-,17?,18?,19-,20-,21?/m1/s1. The summed E-state index contributed by atoms with van der Waals surface area (Å²) in [6.07, 6.45) is 11.4. The van der Waals surface area contributed by atoms with Crippen molar-refractivity contribution in [3.05, 3.63) is 11.6 Å². The van der Waals surface area contributed by atoms with Gasteiger partial charge in [-0.05, 0) is 93.3 Å². The van der Waals surface area contributed by atoms with Crippen LogP contribution in [0.15, 0.2) is 11.6 Å². The first-order chi connectivity index (χ1) is 11.1. The van der Waals surface area contributed by atoms with Crippen LogP contribution in [0.4, 0.5) is 4.39 Å². The molecule has 0 radical (unpaired) electrons. The Morgan fingerprint density at radius 1 is 1.09 bits per heavy atom. The van der Waals surface area contributed by atoms with Crippen LogP contribution in [0.25, 0.3) is 0 Å². The SMILES string of the molecule is C/C=C1/CCC2[C@@H]3C[C@@H](F)C4CC5(CC[C@@H]4C3CC[C@]12C)CO5. The van der Waals surface area contributed by atoms with E-state index in [1.54, 1.807) is 5.57 Å². The first-order valence-corrected chi connectivity index (χ1v) is 10.00. The van der Waals surface area contributed by atoms with Gasteiger partial charge in [-0.3, -0.25) is 0 Å². The Kier molecular flexibility index (Phi) is 3.14. The molecule has 5 aliphatic rings. The highest BCUT2D eigenvalue weighted by atomic mass is 19.1. The summed E-state index contributed by atoms with van der Waals surface area (Å²) in [7, 11) is 0. The van der Waals surface area contributed by atoms with E-state index in [-0.39, 0.29) is 5.60 Å². The Morgan fingerprint density at radius 2 is 1.83 bits per heavy atom. The molecular formula is C21H31FO. The first-order valence-electron chi connectivity index (χ1n) is 10.00. The van der Waals surface area contributed by atoms with E-state index in [1.165, 1.54) is 38.5 Å². The minimum absolute atomic E-state index is 0.118. The predicted molar refractivity (Wildman–Crippen MR) is 89.8 cm³/mol. The summed E-state index contributed by atoms with van der Waals surface area (Å²) < 4.78 is 20.9. The number of alkyl halides is 1. The molecule has 0 aromatic rings. The lowest BCUT2D eigenvalue weighted by molar-refractivity contribution is -0.0874. The third kappa shape index (κ3) is 2.00. The quantitative estimate of drug-likeness (QED) is 0.436. The predicted octanol–water partition coefficient (Wildman–Crippen LogP) is 5.30. The van der Waals surface area contributed by atoms with E-state index < -0.39 is 6.17 Å². The minimum Gasteiger partial charge on any atom is -0.370 e. The maximum Gasteiger partial charge on any atom is 0.104 e. The van der Waals surface area contributed by atoms with Gasteiger partial charge in [0.05, 0.1) is 12.2 Å². The zero-order chi connectivity index (χ0) is 15.8. The van der Waals surface area contributed by atoms with E-state index >= 15 is 4.39 Å². The molecule has 0 bridgehead atoms. The molecule has 23 heavy (non-hydrogen) atoms. The van der Waals surface area contributed by atoms with Gasteiger partial charge in [-0.15, -0.1) is 0 Å². The van der Waals surface area contributed by atoms with Gasteiger partial charge in [-0.25, -0.2) is 4.39 Å². The summed E-state index contributed by atoms with van der Waals surface area (Å²) in [6.45, 7) is 5.60. The van der Waals surface area contributed by atoms with Gasteiger partial charge in [0.1, 0.15) is 6.17 Å². The Balaban J connectivity index is 1.43. The molecule has 5 rings (SSSR count). The van der Waals surface area contributed by atoms with Crippen LogP contribution in [0.1, 0.15) is 65.2 Å². The molecule has 0 aromatic carbocycles. The molecule has 0 N–H and O–H groups in total. The molecule has 1 nitrogen and oxygen atoms in total. The summed E-state index contributed by atoms with van der Waals surface area (Å²) in [5, 5.41) is 0. The van der Waals surface area contributed by atoms with Crippen molar-refractivity contribution in [2.75, 3.05) is 6.61 Å². The van der Waals surface area contributed by atoms with E-state index in [9.17, 15) is 0 Å². The number of fused-ring (bicyclic) bond motifs is 5. The molecule has 5 fully saturated rings. The fraction of sp³-hybridized carbons (Fsp3) is 0.905. The number of allylic oxidation sites excluding steroid dienone is 2. The highest BCUT2D eigenvalue weighted by Crippen LogP contribution is 2.65. The van der Waals surface area contributed by atoms with E-state index in [1.807, 2.05) is 0 Å². The van der Waals surface area contributed by atoms with Gasteiger partial charge in [0.2, 0.25) is 0 Å². The van der Waals surface area contributed by atoms with Crippen molar-refractivity contribution in [1.29, 1.82) is 0 Å². The van der Waals surface area contributed by atoms with Crippen molar-refractivity contribution in [3.63, 3.8) is 0 Å². The monoisotopic (exact) mass is 318 g/mol. The average molecular weight is 318 g/mol. The number of ether oxygens (including phenoxy) is 1. The van der Waals surface area contributed by atoms with Gasteiger partial charge in [0.15, 0.2) is 0 Å². The van der Waals surface area contributed by atoms with Gasteiger partial charge in [-0.2, -0.15) is 0 Å².